The van der Waals surface area contributed by atoms with Gasteiger partial charge in [-0.25, -0.2) is 0 Å². The van der Waals surface area contributed by atoms with Crippen molar-refractivity contribution in [3.63, 3.8) is 0 Å². The summed E-state index contributed by atoms with van der Waals surface area (Å²) in [5.74, 6) is 1.86. The fourth-order valence-corrected chi connectivity index (χ4v) is 2.89. The molecule has 0 amide bonds. The molecule has 1 N–H and O–H groups in total. The molecule has 1 rings (SSSR count). The predicted molar refractivity (Wildman–Crippen MR) is 75.6 cm³/mol. The van der Waals surface area contributed by atoms with Crippen LogP contribution in [-0.4, -0.2) is 32.6 Å². The van der Waals surface area contributed by atoms with Crippen LogP contribution in [0, 0.1) is 11.8 Å². The quantitative estimate of drug-likeness (QED) is 0.508. The molecule has 3 nitrogen and oxygen atoms in total. The summed E-state index contributed by atoms with van der Waals surface area (Å²) in [6.07, 6.45) is 6.92. The van der Waals surface area contributed by atoms with E-state index in [0.29, 0.717) is 13.2 Å². The first-order chi connectivity index (χ1) is 8.76. The molecule has 2 unspecified atom stereocenters. The molecule has 0 radical (unpaired) electrons. The largest absolute Gasteiger partial charge is 0.352 e. The molecule has 0 heterocycles. The van der Waals surface area contributed by atoms with Crippen LogP contribution in [0.4, 0.5) is 0 Å². The summed E-state index contributed by atoms with van der Waals surface area (Å²) in [6.45, 7) is 9.74. The Morgan fingerprint density at radius 2 is 1.89 bits per heavy atom. The van der Waals surface area contributed by atoms with Crippen molar-refractivity contribution < 1.29 is 9.47 Å². The van der Waals surface area contributed by atoms with E-state index in [4.69, 9.17) is 9.47 Å². The van der Waals surface area contributed by atoms with E-state index in [-0.39, 0.29) is 6.29 Å². The topological polar surface area (TPSA) is 30.5 Å². The summed E-state index contributed by atoms with van der Waals surface area (Å²) in [4.78, 5) is 0. The molecule has 0 aromatic heterocycles. The van der Waals surface area contributed by atoms with Crippen molar-refractivity contribution in [2.24, 2.45) is 11.8 Å². The minimum absolute atomic E-state index is 0.0784. The van der Waals surface area contributed by atoms with E-state index in [1.165, 1.54) is 32.1 Å². The Hall–Kier alpha value is -0.120. The third-order valence-electron chi connectivity index (χ3n) is 3.79. The van der Waals surface area contributed by atoms with Crippen molar-refractivity contribution >= 4 is 0 Å². The monoisotopic (exact) mass is 257 g/mol. The van der Waals surface area contributed by atoms with E-state index in [1.807, 2.05) is 13.8 Å². The Balaban J connectivity index is 2.05. The van der Waals surface area contributed by atoms with Crippen molar-refractivity contribution in [1.29, 1.82) is 0 Å². The van der Waals surface area contributed by atoms with Gasteiger partial charge in [0.1, 0.15) is 0 Å². The first-order valence-corrected chi connectivity index (χ1v) is 7.70. The summed E-state index contributed by atoms with van der Waals surface area (Å²) in [5, 5.41) is 3.47. The zero-order valence-electron chi connectivity index (χ0n) is 12.4. The SMILES string of the molecule is CCOC(CNCCC1CCCC(C)C1)OCC. The van der Waals surface area contributed by atoms with Crippen molar-refractivity contribution in [3.8, 4) is 0 Å². The summed E-state index contributed by atoms with van der Waals surface area (Å²) >= 11 is 0. The maximum absolute atomic E-state index is 5.51. The highest BCUT2D eigenvalue weighted by atomic mass is 16.7. The van der Waals surface area contributed by atoms with Gasteiger partial charge in [-0.1, -0.05) is 26.2 Å². The Morgan fingerprint density at radius 1 is 1.17 bits per heavy atom. The van der Waals surface area contributed by atoms with Crippen LogP contribution in [0.5, 0.6) is 0 Å². The molecular formula is C15H31NO2. The van der Waals surface area contributed by atoms with Gasteiger partial charge in [-0.15, -0.1) is 0 Å². The first kappa shape index (κ1) is 15.9. The van der Waals surface area contributed by atoms with Gasteiger partial charge >= 0.3 is 0 Å². The Bertz CT molecular complexity index is 186. The minimum Gasteiger partial charge on any atom is -0.352 e. The smallest absolute Gasteiger partial charge is 0.169 e. The molecule has 0 saturated heterocycles. The Kier molecular flexibility index (Phi) is 8.64. The van der Waals surface area contributed by atoms with Gasteiger partial charge in [0.25, 0.3) is 0 Å². The van der Waals surface area contributed by atoms with Gasteiger partial charge in [0.05, 0.1) is 0 Å². The van der Waals surface area contributed by atoms with E-state index in [9.17, 15) is 0 Å². The molecule has 2 atom stereocenters. The average Bonchev–Trinajstić information content (AvgIpc) is 2.35. The molecule has 0 aromatic rings. The van der Waals surface area contributed by atoms with Crippen LogP contribution in [0.3, 0.4) is 0 Å². The molecule has 1 aliphatic rings. The fourth-order valence-electron chi connectivity index (χ4n) is 2.89. The van der Waals surface area contributed by atoms with E-state index in [1.54, 1.807) is 0 Å². The van der Waals surface area contributed by atoms with Crippen LogP contribution in [0.15, 0.2) is 0 Å². The molecule has 0 bridgehead atoms. The summed E-state index contributed by atoms with van der Waals surface area (Å²) in [5.41, 5.74) is 0. The van der Waals surface area contributed by atoms with Gasteiger partial charge in [0, 0.05) is 19.8 Å². The Labute approximate surface area is 113 Å². The van der Waals surface area contributed by atoms with E-state index in [2.05, 4.69) is 12.2 Å². The standard InChI is InChI=1S/C15H31NO2/c1-4-17-15(18-5-2)12-16-10-9-14-8-6-7-13(3)11-14/h13-16H,4-12H2,1-3H3. The molecule has 108 valence electrons. The minimum atomic E-state index is -0.0784. The van der Waals surface area contributed by atoms with Gasteiger partial charge < -0.3 is 14.8 Å². The van der Waals surface area contributed by atoms with Crippen molar-refractivity contribution in [2.45, 2.75) is 59.2 Å². The molecule has 1 saturated carbocycles. The normalized spacial score (nSPS) is 24.7. The molecule has 0 spiro atoms. The maximum atomic E-state index is 5.51. The molecule has 0 aliphatic heterocycles. The van der Waals surface area contributed by atoms with Crippen molar-refractivity contribution in [3.05, 3.63) is 0 Å². The highest BCUT2D eigenvalue weighted by molar-refractivity contribution is 4.71. The van der Waals surface area contributed by atoms with Crippen LogP contribution in [-0.2, 0) is 9.47 Å². The number of ether oxygens (including phenoxy) is 2. The van der Waals surface area contributed by atoms with Crippen molar-refractivity contribution in [1.82, 2.24) is 5.32 Å². The second-order valence-corrected chi connectivity index (χ2v) is 5.47. The predicted octanol–water partition coefficient (Wildman–Crippen LogP) is 3.19. The highest BCUT2D eigenvalue weighted by Crippen LogP contribution is 2.30. The third kappa shape index (κ3) is 6.72. The average molecular weight is 257 g/mol. The first-order valence-electron chi connectivity index (χ1n) is 7.70. The van der Waals surface area contributed by atoms with Crippen LogP contribution in [0.2, 0.25) is 0 Å². The molecule has 3 heteroatoms. The van der Waals surface area contributed by atoms with E-state index in [0.717, 1.165) is 24.9 Å². The summed E-state index contributed by atoms with van der Waals surface area (Å²) in [7, 11) is 0. The highest BCUT2D eigenvalue weighted by Gasteiger charge is 2.18. The molecule has 0 aromatic carbocycles. The maximum Gasteiger partial charge on any atom is 0.169 e. The lowest BCUT2D eigenvalue weighted by molar-refractivity contribution is -0.132. The molecule has 1 aliphatic carbocycles. The summed E-state index contributed by atoms with van der Waals surface area (Å²) in [6, 6.07) is 0. The lowest BCUT2D eigenvalue weighted by Gasteiger charge is -2.27. The zero-order chi connectivity index (χ0) is 13.2. The lowest BCUT2D eigenvalue weighted by atomic mass is 9.81. The van der Waals surface area contributed by atoms with Crippen LogP contribution in [0.25, 0.3) is 0 Å². The zero-order valence-corrected chi connectivity index (χ0v) is 12.4. The third-order valence-corrected chi connectivity index (χ3v) is 3.79. The molecule has 18 heavy (non-hydrogen) atoms. The van der Waals surface area contributed by atoms with Gasteiger partial charge in [0.15, 0.2) is 6.29 Å². The van der Waals surface area contributed by atoms with E-state index >= 15 is 0 Å². The van der Waals surface area contributed by atoms with Crippen LogP contribution < -0.4 is 5.32 Å². The van der Waals surface area contributed by atoms with Crippen LogP contribution >= 0.6 is 0 Å². The van der Waals surface area contributed by atoms with E-state index < -0.39 is 0 Å². The van der Waals surface area contributed by atoms with Gasteiger partial charge in [-0.3, -0.25) is 0 Å². The van der Waals surface area contributed by atoms with Gasteiger partial charge in [-0.2, -0.15) is 0 Å². The van der Waals surface area contributed by atoms with Gasteiger partial charge in [-0.05, 0) is 45.1 Å². The number of hydrogen-bond donors (Lipinski definition) is 1. The second-order valence-electron chi connectivity index (χ2n) is 5.47. The van der Waals surface area contributed by atoms with Crippen LogP contribution in [0.1, 0.15) is 52.9 Å². The Morgan fingerprint density at radius 3 is 2.50 bits per heavy atom. The molecule has 1 fully saturated rings. The second kappa shape index (κ2) is 9.76. The van der Waals surface area contributed by atoms with Gasteiger partial charge in [0.2, 0.25) is 0 Å². The number of nitrogens with one attached hydrogen (secondary N) is 1. The molecular weight excluding hydrogens is 226 g/mol. The summed E-state index contributed by atoms with van der Waals surface area (Å²) < 4.78 is 11.0. The number of hydrogen-bond acceptors (Lipinski definition) is 3. The van der Waals surface area contributed by atoms with Crippen molar-refractivity contribution in [2.75, 3.05) is 26.3 Å². The fraction of sp³-hybridized carbons (Fsp3) is 1.00. The lowest BCUT2D eigenvalue weighted by Crippen LogP contribution is -2.33. The number of rotatable bonds is 9.